The number of rotatable bonds is 8. The van der Waals surface area contributed by atoms with Crippen molar-refractivity contribution >= 4 is 11.5 Å². The van der Waals surface area contributed by atoms with Crippen LogP contribution in [0.2, 0.25) is 0 Å². The Morgan fingerprint density at radius 1 is 1.16 bits per heavy atom. The molecule has 2 N–H and O–H groups in total. The van der Waals surface area contributed by atoms with Gasteiger partial charge in [0, 0.05) is 12.6 Å². The maximum absolute atomic E-state index is 11.3. The number of aliphatic hydroxyl groups excluding tert-OH is 1. The first-order valence-corrected chi connectivity index (χ1v) is 8.39. The summed E-state index contributed by atoms with van der Waals surface area (Å²) in [6, 6.07) is 17.8. The summed E-state index contributed by atoms with van der Waals surface area (Å²) in [4.78, 5) is 11.3. The number of esters is 1. The molecule has 2 aromatic rings. The molecule has 25 heavy (non-hydrogen) atoms. The number of nitrogens with one attached hydrogen (secondary N) is 1. The van der Waals surface area contributed by atoms with E-state index in [1.807, 2.05) is 49.4 Å². The van der Waals surface area contributed by atoms with Crippen LogP contribution in [0.3, 0.4) is 0 Å². The Kier molecular flexibility index (Phi) is 7.38. The van der Waals surface area contributed by atoms with Crippen LogP contribution in [-0.4, -0.2) is 31.3 Å². The van der Waals surface area contributed by atoms with Crippen molar-refractivity contribution < 1.29 is 14.6 Å². The summed E-state index contributed by atoms with van der Waals surface area (Å²) in [5.41, 5.74) is 4.01. The minimum absolute atomic E-state index is 0.345. The van der Waals surface area contributed by atoms with Gasteiger partial charge in [-0.3, -0.25) is 0 Å². The second-order valence-electron chi connectivity index (χ2n) is 5.93. The average molecular weight is 339 g/mol. The van der Waals surface area contributed by atoms with E-state index in [9.17, 15) is 9.90 Å². The van der Waals surface area contributed by atoms with Gasteiger partial charge >= 0.3 is 5.97 Å². The molecule has 0 radical (unpaired) electrons. The normalized spacial score (nSPS) is 12.7. The Bertz CT molecular complexity index is 693. The first kappa shape index (κ1) is 18.9. The van der Waals surface area contributed by atoms with Crippen LogP contribution in [0.15, 0.2) is 60.7 Å². The van der Waals surface area contributed by atoms with Crippen molar-refractivity contribution in [2.24, 2.45) is 0 Å². The highest BCUT2D eigenvalue weighted by Gasteiger charge is 2.06. The third-order valence-electron chi connectivity index (χ3n) is 4.06. The van der Waals surface area contributed by atoms with Crippen LogP contribution in [0.5, 0.6) is 0 Å². The van der Waals surface area contributed by atoms with E-state index < -0.39 is 6.10 Å². The van der Waals surface area contributed by atoms with Crippen LogP contribution in [0, 0.1) is 0 Å². The molecule has 0 heterocycles. The second-order valence-corrected chi connectivity index (χ2v) is 5.93. The van der Waals surface area contributed by atoms with Gasteiger partial charge < -0.3 is 15.2 Å². The number of carbonyl (C=O) groups is 1. The molecule has 1 unspecified atom stereocenters. The van der Waals surface area contributed by atoms with Crippen molar-refractivity contribution in [2.45, 2.75) is 19.4 Å². The zero-order valence-electron chi connectivity index (χ0n) is 14.7. The van der Waals surface area contributed by atoms with Crippen molar-refractivity contribution in [3.05, 3.63) is 77.4 Å². The van der Waals surface area contributed by atoms with E-state index in [4.69, 9.17) is 0 Å². The molecule has 0 aliphatic rings. The number of allylic oxidation sites excluding steroid dienone is 1. The lowest BCUT2D eigenvalue weighted by atomic mass is 10.0. The number of benzene rings is 2. The van der Waals surface area contributed by atoms with Gasteiger partial charge in [-0.1, -0.05) is 54.6 Å². The maximum atomic E-state index is 11.3. The zero-order chi connectivity index (χ0) is 18.1. The quantitative estimate of drug-likeness (QED) is 0.441. The number of ether oxygens (including phenoxy) is 1. The Labute approximate surface area is 149 Å². The van der Waals surface area contributed by atoms with Gasteiger partial charge in [-0.15, -0.1) is 0 Å². The summed E-state index contributed by atoms with van der Waals surface area (Å²) < 4.78 is 4.64. The fourth-order valence-electron chi connectivity index (χ4n) is 2.52. The molecule has 0 aliphatic carbocycles. The smallest absolute Gasteiger partial charge is 0.330 e. The summed E-state index contributed by atoms with van der Waals surface area (Å²) in [6.07, 6.45) is 1.87. The predicted molar refractivity (Wildman–Crippen MR) is 100 cm³/mol. The summed E-state index contributed by atoms with van der Waals surface area (Å²) >= 11 is 0. The van der Waals surface area contributed by atoms with E-state index in [1.165, 1.54) is 18.7 Å². The average Bonchev–Trinajstić information content (AvgIpc) is 2.66. The van der Waals surface area contributed by atoms with Crippen LogP contribution in [0.1, 0.15) is 29.7 Å². The highest BCUT2D eigenvalue weighted by molar-refractivity contribution is 5.90. The summed E-state index contributed by atoms with van der Waals surface area (Å²) in [7, 11) is 1.37. The van der Waals surface area contributed by atoms with Gasteiger partial charge in [0.1, 0.15) is 0 Å². The van der Waals surface area contributed by atoms with Crippen molar-refractivity contribution in [3.63, 3.8) is 0 Å². The topological polar surface area (TPSA) is 58.6 Å². The highest BCUT2D eigenvalue weighted by Crippen LogP contribution is 2.15. The van der Waals surface area contributed by atoms with Crippen molar-refractivity contribution in [3.8, 4) is 0 Å². The predicted octanol–water partition coefficient (Wildman–Crippen LogP) is 3.13. The largest absolute Gasteiger partial charge is 0.466 e. The van der Waals surface area contributed by atoms with Gasteiger partial charge in [-0.25, -0.2) is 4.79 Å². The Balaban J connectivity index is 1.78. The number of methoxy groups -OCH3 is 1. The lowest BCUT2D eigenvalue weighted by Crippen LogP contribution is -2.23. The Morgan fingerprint density at radius 2 is 1.84 bits per heavy atom. The lowest BCUT2D eigenvalue weighted by Gasteiger charge is -2.12. The van der Waals surface area contributed by atoms with E-state index in [0.717, 1.165) is 29.7 Å². The monoisotopic (exact) mass is 339 g/mol. The standard InChI is InChI=1S/C21H25NO3/c1-16(14-21(24)25-2)18-10-8-17(9-11-18)12-13-22-15-20(23)19-6-4-3-5-7-19/h3-11,14,20,22-23H,12-13,15H2,1-2H3. The molecule has 0 aliphatic heterocycles. The Morgan fingerprint density at radius 3 is 2.48 bits per heavy atom. The fourth-order valence-corrected chi connectivity index (χ4v) is 2.52. The van der Waals surface area contributed by atoms with Crippen LogP contribution in [0.4, 0.5) is 0 Å². The minimum Gasteiger partial charge on any atom is -0.466 e. The molecule has 0 fully saturated rings. The van der Waals surface area contributed by atoms with Gasteiger partial charge in [0.05, 0.1) is 13.2 Å². The van der Waals surface area contributed by atoms with Gasteiger partial charge in [0.15, 0.2) is 0 Å². The third kappa shape index (κ3) is 6.18. The van der Waals surface area contributed by atoms with Crippen LogP contribution < -0.4 is 5.32 Å². The number of carbonyl (C=O) groups excluding carboxylic acids is 1. The van der Waals surface area contributed by atoms with Gasteiger partial charge in [0.2, 0.25) is 0 Å². The molecule has 0 saturated carbocycles. The fraction of sp³-hybridized carbons (Fsp3) is 0.286. The summed E-state index contributed by atoms with van der Waals surface area (Å²) in [5, 5.41) is 13.4. The molecular formula is C21H25NO3. The molecule has 4 heteroatoms. The van der Waals surface area contributed by atoms with Crippen LogP contribution >= 0.6 is 0 Å². The number of hydrogen-bond donors (Lipinski definition) is 2. The lowest BCUT2D eigenvalue weighted by molar-refractivity contribution is -0.134. The molecule has 132 valence electrons. The molecule has 0 aromatic heterocycles. The van der Waals surface area contributed by atoms with E-state index in [1.54, 1.807) is 0 Å². The maximum Gasteiger partial charge on any atom is 0.330 e. The summed E-state index contributed by atoms with van der Waals surface area (Å²) in [6.45, 7) is 3.21. The van der Waals surface area contributed by atoms with Crippen molar-refractivity contribution in [2.75, 3.05) is 20.2 Å². The highest BCUT2D eigenvalue weighted by atomic mass is 16.5. The van der Waals surface area contributed by atoms with Crippen molar-refractivity contribution in [1.29, 1.82) is 0 Å². The number of hydrogen-bond acceptors (Lipinski definition) is 4. The van der Waals surface area contributed by atoms with Crippen LogP contribution in [0.25, 0.3) is 5.57 Å². The minimum atomic E-state index is -0.491. The second kappa shape index (κ2) is 9.77. The molecular weight excluding hydrogens is 314 g/mol. The van der Waals surface area contributed by atoms with E-state index in [0.29, 0.717) is 6.54 Å². The molecule has 0 saturated heterocycles. The first-order chi connectivity index (χ1) is 12.1. The molecule has 0 spiro atoms. The summed E-state index contributed by atoms with van der Waals surface area (Å²) in [5.74, 6) is -0.345. The molecule has 0 amide bonds. The molecule has 1 atom stereocenters. The van der Waals surface area contributed by atoms with E-state index >= 15 is 0 Å². The molecule has 2 rings (SSSR count). The van der Waals surface area contributed by atoms with Gasteiger partial charge in [0.25, 0.3) is 0 Å². The van der Waals surface area contributed by atoms with Gasteiger partial charge in [-0.05, 0) is 42.2 Å². The molecule has 0 bridgehead atoms. The van der Waals surface area contributed by atoms with E-state index in [2.05, 4.69) is 22.2 Å². The Hall–Kier alpha value is -2.43. The van der Waals surface area contributed by atoms with Crippen molar-refractivity contribution in [1.82, 2.24) is 5.32 Å². The molecule has 4 nitrogen and oxygen atoms in total. The third-order valence-corrected chi connectivity index (χ3v) is 4.06. The number of aliphatic hydroxyl groups is 1. The molecule has 2 aromatic carbocycles. The van der Waals surface area contributed by atoms with Crippen LogP contribution in [-0.2, 0) is 16.0 Å². The van der Waals surface area contributed by atoms with E-state index in [-0.39, 0.29) is 5.97 Å². The van der Waals surface area contributed by atoms with Gasteiger partial charge in [-0.2, -0.15) is 0 Å². The first-order valence-electron chi connectivity index (χ1n) is 8.39. The zero-order valence-corrected chi connectivity index (χ0v) is 14.7. The SMILES string of the molecule is COC(=O)C=C(C)c1ccc(CCNCC(O)c2ccccc2)cc1.